The number of nitrogens with zero attached hydrogens (tertiary/aromatic N) is 5. The number of pyridine rings is 1. The number of carbonyl (C=O) groups is 1. The van der Waals surface area contributed by atoms with Gasteiger partial charge in [0.1, 0.15) is 17.3 Å². The predicted octanol–water partition coefficient (Wildman–Crippen LogP) is 2.22. The van der Waals surface area contributed by atoms with Crippen molar-refractivity contribution < 1.29 is 27.1 Å². The number of amides is 1. The van der Waals surface area contributed by atoms with Crippen LogP contribution in [0.25, 0.3) is 0 Å². The average molecular weight is 500 g/mol. The third-order valence-electron chi connectivity index (χ3n) is 5.85. The highest BCUT2D eigenvalue weighted by atomic mass is 32.2. The van der Waals surface area contributed by atoms with Gasteiger partial charge in [-0.3, -0.25) is 4.79 Å². The van der Waals surface area contributed by atoms with Crippen LogP contribution in [0.3, 0.4) is 0 Å². The zero-order chi connectivity index (χ0) is 24.6. The minimum Gasteiger partial charge on any atom is -0.479 e. The Kier molecular flexibility index (Phi) is 5.97. The molecule has 1 aromatic carbocycles. The number of anilines is 2. The Labute approximate surface area is 201 Å². The summed E-state index contributed by atoms with van der Waals surface area (Å²) in [6.07, 6.45) is 5.60. The predicted molar refractivity (Wildman–Crippen MR) is 125 cm³/mol. The molecule has 0 bridgehead atoms. The van der Waals surface area contributed by atoms with E-state index in [0.717, 1.165) is 0 Å². The van der Waals surface area contributed by atoms with Crippen LogP contribution in [-0.4, -0.2) is 66.5 Å². The Hall–Kier alpha value is -3.80. The molecule has 35 heavy (non-hydrogen) atoms. The van der Waals surface area contributed by atoms with E-state index in [-0.39, 0.29) is 11.7 Å². The normalized spacial score (nSPS) is 18.5. The van der Waals surface area contributed by atoms with Gasteiger partial charge in [0, 0.05) is 38.4 Å². The van der Waals surface area contributed by atoms with Crippen molar-refractivity contribution in [3.63, 3.8) is 0 Å². The maximum Gasteiger partial charge on any atom is 0.268 e. The molecule has 0 radical (unpaired) electrons. The van der Waals surface area contributed by atoms with Crippen molar-refractivity contribution in [2.45, 2.75) is 17.8 Å². The SMILES string of the molecule is CS(=O)(=O)C1CN(c2ncc(N3CC[C@@H](Oc4ccc(Oc5ccc(F)cc5)nc4)C3=O)cn2)C1. The first-order valence-corrected chi connectivity index (χ1v) is 12.8. The van der Waals surface area contributed by atoms with Crippen molar-refractivity contribution in [2.75, 3.05) is 35.7 Å². The molecule has 2 saturated heterocycles. The Balaban J connectivity index is 1.16. The summed E-state index contributed by atoms with van der Waals surface area (Å²) in [5.74, 6) is 1.04. The molecule has 2 aliphatic rings. The maximum absolute atomic E-state index is 13.0. The first kappa shape index (κ1) is 23.0. The summed E-state index contributed by atoms with van der Waals surface area (Å²) in [7, 11) is -3.07. The number of hydrogen-bond acceptors (Lipinski definition) is 9. The Bertz CT molecular complexity index is 1310. The van der Waals surface area contributed by atoms with Gasteiger partial charge in [0.25, 0.3) is 5.91 Å². The number of sulfone groups is 1. The van der Waals surface area contributed by atoms with E-state index in [9.17, 15) is 17.6 Å². The third kappa shape index (κ3) is 5.02. The molecule has 2 aromatic heterocycles. The molecule has 0 N–H and O–H groups in total. The lowest BCUT2D eigenvalue weighted by Crippen LogP contribution is -2.55. The van der Waals surface area contributed by atoms with Gasteiger partial charge in [-0.2, -0.15) is 0 Å². The zero-order valence-corrected chi connectivity index (χ0v) is 19.6. The number of carbonyl (C=O) groups excluding carboxylic acids is 1. The molecule has 10 nitrogen and oxygen atoms in total. The fourth-order valence-corrected chi connectivity index (χ4v) is 4.69. The van der Waals surface area contributed by atoms with Crippen LogP contribution in [0.15, 0.2) is 55.0 Å². The van der Waals surface area contributed by atoms with Gasteiger partial charge in [-0.1, -0.05) is 0 Å². The van der Waals surface area contributed by atoms with E-state index in [1.165, 1.54) is 36.7 Å². The van der Waals surface area contributed by atoms with Crippen LogP contribution in [0.2, 0.25) is 0 Å². The van der Waals surface area contributed by atoms with Crippen molar-refractivity contribution in [1.82, 2.24) is 15.0 Å². The summed E-state index contributed by atoms with van der Waals surface area (Å²) in [6.45, 7) is 1.17. The van der Waals surface area contributed by atoms with Crippen molar-refractivity contribution in [3.05, 3.63) is 60.8 Å². The molecule has 4 heterocycles. The summed E-state index contributed by atoms with van der Waals surface area (Å²) in [6, 6.07) is 8.84. The lowest BCUT2D eigenvalue weighted by atomic mass is 10.2. The first-order chi connectivity index (χ1) is 16.8. The monoisotopic (exact) mass is 499 g/mol. The van der Waals surface area contributed by atoms with Crippen molar-refractivity contribution in [3.8, 4) is 17.4 Å². The molecule has 2 aliphatic heterocycles. The van der Waals surface area contributed by atoms with Crippen LogP contribution < -0.4 is 19.3 Å². The average Bonchev–Trinajstić information content (AvgIpc) is 3.15. The van der Waals surface area contributed by atoms with E-state index in [1.807, 2.05) is 0 Å². The summed E-state index contributed by atoms with van der Waals surface area (Å²) in [5, 5.41) is -0.401. The summed E-state index contributed by atoms with van der Waals surface area (Å²) in [4.78, 5) is 29.0. The lowest BCUT2D eigenvalue weighted by molar-refractivity contribution is -0.122. The smallest absolute Gasteiger partial charge is 0.268 e. The Morgan fingerprint density at radius 3 is 2.29 bits per heavy atom. The second kappa shape index (κ2) is 9.10. The molecule has 0 unspecified atom stereocenters. The second-order valence-electron chi connectivity index (χ2n) is 8.37. The van der Waals surface area contributed by atoms with E-state index in [4.69, 9.17) is 9.47 Å². The van der Waals surface area contributed by atoms with Crippen LogP contribution in [0.5, 0.6) is 17.4 Å². The summed E-state index contributed by atoms with van der Waals surface area (Å²) < 4.78 is 47.5. The van der Waals surface area contributed by atoms with E-state index in [1.54, 1.807) is 34.3 Å². The minimum absolute atomic E-state index is 0.214. The molecule has 1 atom stereocenters. The van der Waals surface area contributed by atoms with Gasteiger partial charge in [-0.25, -0.2) is 27.8 Å². The summed E-state index contributed by atoms with van der Waals surface area (Å²) >= 11 is 0. The molecule has 5 rings (SSSR count). The van der Waals surface area contributed by atoms with Crippen LogP contribution in [-0.2, 0) is 14.6 Å². The van der Waals surface area contributed by atoms with Gasteiger partial charge in [-0.05, 0) is 30.3 Å². The van der Waals surface area contributed by atoms with E-state index in [0.29, 0.717) is 55.1 Å². The van der Waals surface area contributed by atoms with Gasteiger partial charge in [0.15, 0.2) is 15.9 Å². The number of hydrogen-bond donors (Lipinski definition) is 0. The summed E-state index contributed by atoms with van der Waals surface area (Å²) in [5.41, 5.74) is 0.547. The van der Waals surface area contributed by atoms with Gasteiger partial charge in [-0.15, -0.1) is 0 Å². The van der Waals surface area contributed by atoms with E-state index in [2.05, 4.69) is 15.0 Å². The van der Waals surface area contributed by atoms with Gasteiger partial charge < -0.3 is 19.3 Å². The molecular weight excluding hydrogens is 477 g/mol. The number of rotatable bonds is 7. The van der Waals surface area contributed by atoms with Crippen LogP contribution >= 0.6 is 0 Å². The quantitative estimate of drug-likeness (QED) is 0.483. The molecule has 12 heteroatoms. The van der Waals surface area contributed by atoms with Crippen molar-refractivity contribution in [1.29, 1.82) is 0 Å². The fourth-order valence-electron chi connectivity index (χ4n) is 3.79. The van der Waals surface area contributed by atoms with Gasteiger partial charge in [0.05, 0.1) is 29.5 Å². The minimum atomic E-state index is -3.07. The van der Waals surface area contributed by atoms with E-state index < -0.39 is 21.2 Å². The molecule has 182 valence electrons. The van der Waals surface area contributed by atoms with Crippen molar-refractivity contribution >= 4 is 27.4 Å². The Morgan fingerprint density at radius 1 is 0.971 bits per heavy atom. The highest BCUT2D eigenvalue weighted by Gasteiger charge is 2.37. The standard InChI is InChI=1S/C23H22FN5O5S/c1-35(31,32)19-13-28(14-19)23-26-10-16(11-27-23)29-9-8-20(22(29)30)33-18-6-7-21(25-12-18)34-17-4-2-15(24)3-5-17/h2-7,10-12,19-20H,8-9,13-14H2,1H3/t20-/m1/s1. The zero-order valence-electron chi connectivity index (χ0n) is 18.7. The highest BCUT2D eigenvalue weighted by Crippen LogP contribution is 2.27. The van der Waals surface area contributed by atoms with Gasteiger partial charge in [0.2, 0.25) is 11.8 Å². The molecular formula is C23H22FN5O5S. The van der Waals surface area contributed by atoms with Crippen LogP contribution in [0.4, 0.5) is 16.0 Å². The molecule has 3 aromatic rings. The Morgan fingerprint density at radius 2 is 1.66 bits per heavy atom. The first-order valence-electron chi connectivity index (χ1n) is 10.9. The highest BCUT2D eigenvalue weighted by molar-refractivity contribution is 7.91. The van der Waals surface area contributed by atoms with Crippen LogP contribution in [0.1, 0.15) is 6.42 Å². The molecule has 0 saturated carbocycles. The maximum atomic E-state index is 13.0. The van der Waals surface area contributed by atoms with Crippen molar-refractivity contribution in [2.24, 2.45) is 0 Å². The topological polar surface area (TPSA) is 115 Å². The molecule has 0 spiro atoms. The lowest BCUT2D eigenvalue weighted by Gasteiger charge is -2.37. The van der Waals surface area contributed by atoms with E-state index >= 15 is 0 Å². The molecule has 2 fully saturated rings. The molecule has 0 aliphatic carbocycles. The van der Waals surface area contributed by atoms with Gasteiger partial charge >= 0.3 is 0 Å². The molecule has 1 amide bonds. The number of halogens is 1. The number of aromatic nitrogens is 3. The largest absolute Gasteiger partial charge is 0.479 e. The number of ether oxygens (including phenoxy) is 2. The second-order valence-corrected chi connectivity index (χ2v) is 10.7. The van der Waals surface area contributed by atoms with Crippen LogP contribution in [0, 0.1) is 5.82 Å². The fraction of sp³-hybridized carbons (Fsp3) is 0.304. The third-order valence-corrected chi connectivity index (χ3v) is 7.36. The number of benzene rings is 1.